The van der Waals surface area contributed by atoms with E-state index in [9.17, 15) is 14.4 Å². The molecule has 4 N–H and O–H groups in total. The van der Waals surface area contributed by atoms with Crippen LogP contribution < -0.4 is 5.73 Å². The van der Waals surface area contributed by atoms with Crippen molar-refractivity contribution in [3.05, 3.63) is 66.1 Å². The highest BCUT2D eigenvalue weighted by atomic mass is 16.5. The van der Waals surface area contributed by atoms with E-state index in [1.165, 1.54) is 22.9 Å². The van der Waals surface area contributed by atoms with Crippen molar-refractivity contribution in [3.63, 3.8) is 0 Å². The summed E-state index contributed by atoms with van der Waals surface area (Å²) in [7, 11) is 1.50. The summed E-state index contributed by atoms with van der Waals surface area (Å²) in [5.41, 5.74) is 9.47. The summed E-state index contributed by atoms with van der Waals surface area (Å²) in [6, 6.07) is 11.9. The van der Waals surface area contributed by atoms with Gasteiger partial charge in [0.2, 0.25) is 5.91 Å². The van der Waals surface area contributed by atoms with Gasteiger partial charge in [-0.2, -0.15) is 0 Å². The molecule has 0 saturated heterocycles. The Balaban J connectivity index is 0.000000255. The molecule has 36 heavy (non-hydrogen) atoms. The molecule has 3 rings (SSSR count). The zero-order chi connectivity index (χ0) is 26.3. The molecule has 0 fully saturated rings. The van der Waals surface area contributed by atoms with Gasteiger partial charge in [0.25, 0.3) is 0 Å². The lowest BCUT2D eigenvalue weighted by Gasteiger charge is -2.14. The van der Waals surface area contributed by atoms with Gasteiger partial charge >= 0.3 is 11.9 Å². The second-order valence-electron chi connectivity index (χ2n) is 8.52. The Morgan fingerprint density at radius 3 is 2.56 bits per heavy atom. The number of ether oxygens (including phenoxy) is 1. The number of aryl methyl sites for hydroxylation is 2. The Bertz CT molecular complexity index is 1100. The van der Waals surface area contributed by atoms with Crippen LogP contribution >= 0.6 is 0 Å². The number of aromatic amines is 1. The van der Waals surface area contributed by atoms with E-state index in [1.807, 2.05) is 30.5 Å². The van der Waals surface area contributed by atoms with Gasteiger partial charge in [0.1, 0.15) is 6.54 Å². The molecule has 0 aliphatic carbocycles. The number of rotatable bonds is 12. The molecule has 0 aliphatic heterocycles. The number of carboxylic acids is 1. The number of amides is 1. The van der Waals surface area contributed by atoms with Gasteiger partial charge in [0.15, 0.2) is 0 Å². The Hall–Kier alpha value is -3.72. The smallest absolute Gasteiger partial charge is 0.323 e. The lowest BCUT2D eigenvalue weighted by Crippen LogP contribution is -2.31. The summed E-state index contributed by atoms with van der Waals surface area (Å²) < 4.78 is 4.89. The molecule has 1 amide bonds. The van der Waals surface area contributed by atoms with E-state index in [0.29, 0.717) is 19.4 Å². The predicted octanol–water partition coefficient (Wildman–Crippen LogP) is 3.33. The molecule has 3 aromatic rings. The Kier molecular flexibility index (Phi) is 12.1. The second-order valence-corrected chi connectivity index (χ2v) is 8.52. The fraction of sp³-hybridized carbons (Fsp3) is 0.407. The molecule has 194 valence electrons. The maximum Gasteiger partial charge on any atom is 0.323 e. The van der Waals surface area contributed by atoms with Crippen LogP contribution in [0.1, 0.15) is 43.7 Å². The van der Waals surface area contributed by atoms with E-state index in [-0.39, 0.29) is 30.9 Å². The van der Waals surface area contributed by atoms with Crippen LogP contribution in [-0.2, 0) is 32.0 Å². The SMILES string of the molecule is CCOC(=O)C[C@H](N)CCc1c[nH]c2ccccc12.CN(CC(=O)O)C(=O)CCCc1ccncc1. The normalized spacial score (nSPS) is 11.3. The van der Waals surface area contributed by atoms with E-state index >= 15 is 0 Å². The first-order valence-electron chi connectivity index (χ1n) is 12.1. The number of hydrogen-bond acceptors (Lipinski definition) is 6. The van der Waals surface area contributed by atoms with E-state index in [0.717, 1.165) is 30.3 Å². The molecule has 0 aliphatic rings. The molecule has 0 radical (unpaired) electrons. The molecular weight excluding hydrogens is 460 g/mol. The average molecular weight is 497 g/mol. The van der Waals surface area contributed by atoms with Gasteiger partial charge in [-0.05, 0) is 61.9 Å². The first-order valence-corrected chi connectivity index (χ1v) is 12.1. The van der Waals surface area contributed by atoms with Crippen molar-refractivity contribution in [2.24, 2.45) is 5.73 Å². The molecule has 0 unspecified atom stereocenters. The second kappa shape index (κ2) is 15.3. The van der Waals surface area contributed by atoms with Gasteiger partial charge in [-0.1, -0.05) is 18.2 Å². The zero-order valence-corrected chi connectivity index (χ0v) is 21.0. The number of nitrogens with two attached hydrogens (primary N) is 1. The predicted molar refractivity (Wildman–Crippen MR) is 138 cm³/mol. The molecule has 1 atom stereocenters. The molecule has 9 nitrogen and oxygen atoms in total. The van der Waals surface area contributed by atoms with Crippen molar-refractivity contribution < 1.29 is 24.2 Å². The van der Waals surface area contributed by atoms with Crippen LogP contribution in [0.5, 0.6) is 0 Å². The Morgan fingerprint density at radius 2 is 1.86 bits per heavy atom. The number of aromatic nitrogens is 2. The van der Waals surface area contributed by atoms with E-state index < -0.39 is 5.97 Å². The number of carbonyl (C=O) groups excluding carboxylic acids is 2. The molecule has 9 heteroatoms. The number of hydrogen-bond donors (Lipinski definition) is 3. The highest BCUT2D eigenvalue weighted by Gasteiger charge is 2.12. The van der Waals surface area contributed by atoms with E-state index in [1.54, 1.807) is 19.3 Å². The van der Waals surface area contributed by atoms with Crippen LogP contribution in [-0.4, -0.2) is 64.1 Å². The number of nitrogens with zero attached hydrogens (tertiary/aromatic N) is 2. The standard InChI is InChI=1S/C15H20N2O2.C12H16N2O3/c1-2-19-15(18)9-12(16)8-7-11-10-17-14-6-4-3-5-13(11)14;1-14(9-12(16)17)11(15)4-2-3-10-5-7-13-8-6-10/h3-6,10,12,17H,2,7-9,16H2,1H3;5-8H,2-4,9H2,1H3,(H,16,17)/t12-;/m1./s1. The summed E-state index contributed by atoms with van der Waals surface area (Å²) >= 11 is 0. The lowest BCUT2D eigenvalue weighted by molar-refractivity contribution is -0.143. The van der Waals surface area contributed by atoms with Crippen molar-refractivity contribution in [3.8, 4) is 0 Å². The number of carbonyl (C=O) groups is 3. The minimum Gasteiger partial charge on any atom is -0.480 e. The van der Waals surface area contributed by atoms with Gasteiger partial charge in [-0.15, -0.1) is 0 Å². The summed E-state index contributed by atoms with van der Waals surface area (Å²) in [6.45, 7) is 1.97. The van der Waals surface area contributed by atoms with Crippen LogP contribution in [0.3, 0.4) is 0 Å². The molecule has 1 aromatic carbocycles. The number of aliphatic carboxylic acids is 1. The molecule has 0 saturated carbocycles. The largest absolute Gasteiger partial charge is 0.480 e. The fourth-order valence-corrected chi connectivity index (χ4v) is 3.69. The zero-order valence-electron chi connectivity index (χ0n) is 21.0. The van der Waals surface area contributed by atoms with Crippen LogP contribution in [0.25, 0.3) is 10.9 Å². The molecule has 2 aromatic heterocycles. The maximum atomic E-state index is 11.5. The number of benzene rings is 1. The minimum absolute atomic E-state index is 0.138. The van der Waals surface area contributed by atoms with Crippen molar-refractivity contribution in [2.75, 3.05) is 20.2 Å². The van der Waals surface area contributed by atoms with Crippen LogP contribution in [0, 0.1) is 0 Å². The molecule has 2 heterocycles. The first-order chi connectivity index (χ1) is 17.3. The van der Waals surface area contributed by atoms with E-state index in [4.69, 9.17) is 15.6 Å². The number of H-pyrrole nitrogens is 1. The summed E-state index contributed by atoms with van der Waals surface area (Å²) in [4.78, 5) is 41.6. The van der Waals surface area contributed by atoms with Gasteiger partial charge in [-0.25, -0.2) is 0 Å². The van der Waals surface area contributed by atoms with Crippen molar-refractivity contribution >= 4 is 28.7 Å². The van der Waals surface area contributed by atoms with Gasteiger partial charge in [0.05, 0.1) is 13.0 Å². The number of esters is 1. The number of para-hydroxylation sites is 1. The number of carboxylic acid groups (broad SMARTS) is 1. The number of nitrogens with one attached hydrogen (secondary N) is 1. The van der Waals surface area contributed by atoms with Crippen molar-refractivity contribution in [1.82, 2.24) is 14.9 Å². The topological polar surface area (TPSA) is 139 Å². The average Bonchev–Trinajstić information content (AvgIpc) is 3.26. The fourth-order valence-electron chi connectivity index (χ4n) is 3.69. The quantitative estimate of drug-likeness (QED) is 0.327. The van der Waals surface area contributed by atoms with Gasteiger partial charge < -0.3 is 25.5 Å². The number of likely N-dealkylation sites (N-methyl/N-ethyl adjacent to an activating group) is 1. The summed E-state index contributed by atoms with van der Waals surface area (Å²) in [6.07, 6.45) is 9.26. The van der Waals surface area contributed by atoms with Crippen molar-refractivity contribution in [2.45, 2.75) is 51.5 Å². The highest BCUT2D eigenvalue weighted by Crippen LogP contribution is 2.19. The third-order valence-electron chi connectivity index (χ3n) is 5.60. The van der Waals surface area contributed by atoms with Crippen LogP contribution in [0.2, 0.25) is 0 Å². The van der Waals surface area contributed by atoms with Crippen LogP contribution in [0.4, 0.5) is 0 Å². The lowest BCUT2D eigenvalue weighted by atomic mass is 10.0. The molecule has 0 bridgehead atoms. The molecule has 0 spiro atoms. The summed E-state index contributed by atoms with van der Waals surface area (Å²) in [5, 5.41) is 9.76. The third-order valence-corrected chi connectivity index (χ3v) is 5.60. The first kappa shape index (κ1) is 28.5. The van der Waals surface area contributed by atoms with Crippen LogP contribution in [0.15, 0.2) is 55.0 Å². The third kappa shape index (κ3) is 10.3. The monoisotopic (exact) mass is 496 g/mol. The maximum absolute atomic E-state index is 11.5. The molecular formula is C27H36N4O5. The number of pyridine rings is 1. The van der Waals surface area contributed by atoms with E-state index in [2.05, 4.69) is 22.1 Å². The summed E-state index contributed by atoms with van der Waals surface area (Å²) in [5.74, 6) is -1.34. The highest BCUT2D eigenvalue weighted by molar-refractivity contribution is 5.83. The minimum atomic E-state index is -0.991. The number of fused-ring (bicyclic) bond motifs is 1. The Morgan fingerprint density at radius 1 is 1.14 bits per heavy atom. The Labute approximate surface area is 211 Å². The van der Waals surface area contributed by atoms with Crippen molar-refractivity contribution in [1.29, 1.82) is 0 Å². The van der Waals surface area contributed by atoms with Gasteiger partial charge in [-0.3, -0.25) is 19.4 Å². The van der Waals surface area contributed by atoms with Gasteiger partial charge in [0, 0.05) is 49.0 Å².